The van der Waals surface area contributed by atoms with Gasteiger partial charge in [-0.1, -0.05) is 6.07 Å². The maximum atomic E-state index is 11.5. The minimum Gasteiger partial charge on any atom is -0.494 e. The minimum atomic E-state index is -0.888. The van der Waals surface area contributed by atoms with Gasteiger partial charge in [-0.05, 0) is 25.5 Å². The second kappa shape index (κ2) is 7.32. The zero-order valence-corrected chi connectivity index (χ0v) is 10.3. The normalized spacial score (nSPS) is 9.83. The molecule has 0 atom stereocenters. The van der Waals surface area contributed by atoms with Gasteiger partial charge in [0, 0.05) is 24.6 Å². The van der Waals surface area contributed by atoms with E-state index in [-0.39, 0.29) is 18.7 Å². The molecule has 1 aromatic carbocycles. The number of carbonyl (C=O) groups is 2. The predicted molar refractivity (Wildman–Crippen MR) is 67.7 cm³/mol. The number of rotatable bonds is 7. The maximum absolute atomic E-state index is 11.5. The van der Waals surface area contributed by atoms with Crippen LogP contribution < -0.4 is 10.1 Å². The first-order chi connectivity index (χ1) is 8.61. The highest BCUT2D eigenvalue weighted by Crippen LogP contribution is 2.17. The third kappa shape index (κ3) is 5.34. The molecule has 1 amide bonds. The Morgan fingerprint density at radius 2 is 2.11 bits per heavy atom. The summed E-state index contributed by atoms with van der Waals surface area (Å²) in [6.07, 6.45) is 0.546. The van der Waals surface area contributed by atoms with Crippen LogP contribution in [0.15, 0.2) is 24.3 Å². The van der Waals surface area contributed by atoms with Gasteiger partial charge in [-0.25, -0.2) is 0 Å². The number of amides is 1. The summed E-state index contributed by atoms with van der Waals surface area (Å²) in [6, 6.07) is 7.09. The van der Waals surface area contributed by atoms with Crippen LogP contribution in [0.4, 0.5) is 5.69 Å². The van der Waals surface area contributed by atoms with Gasteiger partial charge in [0.05, 0.1) is 6.61 Å². The predicted octanol–water partition coefficient (Wildman–Crippen LogP) is 2.28. The van der Waals surface area contributed by atoms with Gasteiger partial charge in [-0.3, -0.25) is 9.59 Å². The Morgan fingerprint density at radius 3 is 2.78 bits per heavy atom. The summed E-state index contributed by atoms with van der Waals surface area (Å²) in [7, 11) is 0. The zero-order valence-electron chi connectivity index (χ0n) is 10.3. The van der Waals surface area contributed by atoms with Crippen LogP contribution in [-0.4, -0.2) is 23.6 Å². The molecule has 0 spiro atoms. The molecule has 0 aliphatic heterocycles. The molecule has 0 aliphatic rings. The number of ether oxygens (including phenoxy) is 1. The van der Waals surface area contributed by atoms with E-state index in [1.165, 1.54) is 0 Å². The minimum absolute atomic E-state index is 0.00635. The maximum Gasteiger partial charge on any atom is 0.303 e. The molecule has 5 heteroatoms. The summed E-state index contributed by atoms with van der Waals surface area (Å²) in [5.74, 6) is -0.383. The number of carbonyl (C=O) groups excluding carboxylic acids is 1. The largest absolute Gasteiger partial charge is 0.494 e. The van der Waals surface area contributed by atoms with Crippen molar-refractivity contribution in [2.45, 2.75) is 26.2 Å². The van der Waals surface area contributed by atoms with Crippen LogP contribution in [-0.2, 0) is 9.59 Å². The molecule has 2 N–H and O–H groups in total. The highest BCUT2D eigenvalue weighted by Gasteiger charge is 2.05. The van der Waals surface area contributed by atoms with Crippen molar-refractivity contribution in [3.05, 3.63) is 24.3 Å². The molecule has 0 saturated heterocycles. The van der Waals surface area contributed by atoms with Crippen molar-refractivity contribution in [2.24, 2.45) is 0 Å². The lowest BCUT2D eigenvalue weighted by molar-refractivity contribution is -0.137. The van der Waals surface area contributed by atoms with E-state index in [1.54, 1.807) is 18.2 Å². The summed E-state index contributed by atoms with van der Waals surface area (Å²) in [4.78, 5) is 21.8. The molecule has 5 nitrogen and oxygen atoms in total. The lowest BCUT2D eigenvalue weighted by Gasteiger charge is -2.07. The molecular weight excluding hydrogens is 234 g/mol. The second-order valence-electron chi connectivity index (χ2n) is 3.76. The quantitative estimate of drug-likeness (QED) is 0.779. The van der Waals surface area contributed by atoms with Gasteiger partial charge in [0.2, 0.25) is 5.91 Å². The second-order valence-corrected chi connectivity index (χ2v) is 3.76. The molecule has 0 fully saturated rings. The number of carboxylic acid groups (broad SMARTS) is 1. The summed E-state index contributed by atoms with van der Waals surface area (Å²) in [5, 5.41) is 11.2. The van der Waals surface area contributed by atoms with Crippen LogP contribution >= 0.6 is 0 Å². The average molecular weight is 251 g/mol. The number of nitrogens with one attached hydrogen (secondary N) is 1. The van der Waals surface area contributed by atoms with Crippen molar-refractivity contribution in [1.29, 1.82) is 0 Å². The fourth-order valence-corrected chi connectivity index (χ4v) is 1.45. The van der Waals surface area contributed by atoms with Crippen LogP contribution in [0.3, 0.4) is 0 Å². The molecule has 0 aliphatic carbocycles. The third-order valence-electron chi connectivity index (χ3n) is 2.22. The number of hydrogen-bond acceptors (Lipinski definition) is 3. The Bertz CT molecular complexity index is 417. The van der Waals surface area contributed by atoms with E-state index in [0.29, 0.717) is 24.5 Å². The Kier molecular flexibility index (Phi) is 5.70. The van der Waals surface area contributed by atoms with Gasteiger partial charge in [0.25, 0.3) is 0 Å². The number of aliphatic carboxylic acids is 1. The van der Waals surface area contributed by atoms with E-state index < -0.39 is 5.97 Å². The van der Waals surface area contributed by atoms with Crippen LogP contribution in [0.1, 0.15) is 26.2 Å². The van der Waals surface area contributed by atoms with Crippen molar-refractivity contribution in [3.63, 3.8) is 0 Å². The van der Waals surface area contributed by atoms with Gasteiger partial charge in [-0.2, -0.15) is 0 Å². The van der Waals surface area contributed by atoms with Gasteiger partial charge in [0.1, 0.15) is 5.75 Å². The molecule has 0 bridgehead atoms. The first kappa shape index (κ1) is 14.0. The van der Waals surface area contributed by atoms with Gasteiger partial charge in [-0.15, -0.1) is 0 Å². The van der Waals surface area contributed by atoms with E-state index in [4.69, 9.17) is 9.84 Å². The first-order valence-electron chi connectivity index (χ1n) is 5.86. The van der Waals surface area contributed by atoms with Crippen LogP contribution in [0.2, 0.25) is 0 Å². The number of carboxylic acids is 1. The molecule has 0 unspecified atom stereocenters. The molecular formula is C13H17NO4. The SMILES string of the molecule is CCOc1cccc(NC(=O)CCCC(=O)O)c1. The Balaban J connectivity index is 2.43. The van der Waals surface area contributed by atoms with Crippen molar-refractivity contribution in [2.75, 3.05) is 11.9 Å². The Morgan fingerprint density at radius 1 is 1.33 bits per heavy atom. The van der Waals surface area contributed by atoms with Gasteiger partial charge >= 0.3 is 5.97 Å². The lowest BCUT2D eigenvalue weighted by Crippen LogP contribution is -2.11. The van der Waals surface area contributed by atoms with Crippen LogP contribution in [0, 0.1) is 0 Å². The lowest BCUT2D eigenvalue weighted by atomic mass is 10.2. The van der Waals surface area contributed by atoms with Crippen molar-refractivity contribution in [1.82, 2.24) is 0 Å². The monoisotopic (exact) mass is 251 g/mol. The summed E-state index contributed by atoms with van der Waals surface area (Å²) in [6.45, 7) is 2.45. The summed E-state index contributed by atoms with van der Waals surface area (Å²) >= 11 is 0. The molecule has 1 aromatic rings. The number of benzene rings is 1. The average Bonchev–Trinajstić information content (AvgIpc) is 2.29. The first-order valence-corrected chi connectivity index (χ1v) is 5.86. The molecule has 0 saturated carbocycles. The summed E-state index contributed by atoms with van der Waals surface area (Å²) in [5.41, 5.74) is 0.654. The zero-order chi connectivity index (χ0) is 13.4. The van der Waals surface area contributed by atoms with E-state index in [1.807, 2.05) is 13.0 Å². The van der Waals surface area contributed by atoms with Crippen molar-refractivity contribution in [3.8, 4) is 5.75 Å². The summed E-state index contributed by atoms with van der Waals surface area (Å²) < 4.78 is 5.31. The van der Waals surface area contributed by atoms with Crippen molar-refractivity contribution >= 4 is 17.6 Å². The Hall–Kier alpha value is -2.04. The molecule has 0 radical (unpaired) electrons. The van der Waals surface area contributed by atoms with Crippen LogP contribution in [0.25, 0.3) is 0 Å². The van der Waals surface area contributed by atoms with E-state index in [9.17, 15) is 9.59 Å². The molecule has 18 heavy (non-hydrogen) atoms. The molecule has 0 aromatic heterocycles. The standard InChI is InChI=1S/C13H17NO4/c1-2-18-11-6-3-5-10(9-11)14-12(15)7-4-8-13(16)17/h3,5-6,9H,2,4,7-8H2,1H3,(H,14,15)(H,16,17). The fraction of sp³-hybridized carbons (Fsp3) is 0.385. The topological polar surface area (TPSA) is 75.6 Å². The molecule has 0 heterocycles. The van der Waals surface area contributed by atoms with E-state index >= 15 is 0 Å². The number of hydrogen-bond donors (Lipinski definition) is 2. The number of anilines is 1. The Labute approximate surface area is 106 Å². The fourth-order valence-electron chi connectivity index (χ4n) is 1.45. The highest BCUT2D eigenvalue weighted by molar-refractivity contribution is 5.91. The van der Waals surface area contributed by atoms with Gasteiger partial charge in [0.15, 0.2) is 0 Å². The van der Waals surface area contributed by atoms with Crippen LogP contribution in [0.5, 0.6) is 5.75 Å². The molecule has 1 rings (SSSR count). The van der Waals surface area contributed by atoms with Gasteiger partial charge < -0.3 is 15.2 Å². The molecule has 98 valence electrons. The van der Waals surface area contributed by atoms with Crippen molar-refractivity contribution < 1.29 is 19.4 Å². The third-order valence-corrected chi connectivity index (χ3v) is 2.22. The van der Waals surface area contributed by atoms with E-state index in [2.05, 4.69) is 5.32 Å². The smallest absolute Gasteiger partial charge is 0.303 e. The highest BCUT2D eigenvalue weighted by atomic mass is 16.5. The van der Waals surface area contributed by atoms with E-state index in [0.717, 1.165) is 0 Å².